The predicted molar refractivity (Wildman–Crippen MR) is 127 cm³/mol. The van der Waals surface area contributed by atoms with Crippen LogP contribution in [0.25, 0.3) is 11.3 Å². The van der Waals surface area contributed by atoms with E-state index in [0.717, 1.165) is 31.6 Å². The lowest BCUT2D eigenvalue weighted by Gasteiger charge is -2.19. The minimum atomic E-state index is -0.412. The molecular formula is C25H29N4O5+. The molecule has 0 unspecified atom stereocenters. The van der Waals surface area contributed by atoms with Crippen LogP contribution in [0, 0.1) is 0 Å². The zero-order valence-corrected chi connectivity index (χ0v) is 19.5. The van der Waals surface area contributed by atoms with Gasteiger partial charge in [0.05, 0.1) is 26.8 Å². The molecular weight excluding hydrogens is 436 g/mol. The van der Waals surface area contributed by atoms with Crippen molar-refractivity contribution in [3.05, 3.63) is 54.0 Å². The number of nitrogens with two attached hydrogens (primary N) is 1. The van der Waals surface area contributed by atoms with E-state index in [1.54, 1.807) is 30.6 Å². The third-order valence-electron chi connectivity index (χ3n) is 5.74. The van der Waals surface area contributed by atoms with Crippen molar-refractivity contribution in [1.29, 1.82) is 0 Å². The SMILES string of the molecule is COc1ccc(OC)c(NC(=O)c2nc(C3CCNCC3)oc2-c2ccc([NH2+]C(C)=O)cc2)c1. The van der Waals surface area contributed by atoms with Gasteiger partial charge in [0, 0.05) is 29.7 Å². The lowest BCUT2D eigenvalue weighted by atomic mass is 9.98. The van der Waals surface area contributed by atoms with Gasteiger partial charge in [-0.2, -0.15) is 0 Å². The molecule has 1 saturated heterocycles. The number of ether oxygens (including phenoxy) is 2. The van der Waals surface area contributed by atoms with Crippen LogP contribution in [0.1, 0.15) is 42.1 Å². The number of rotatable bonds is 7. The van der Waals surface area contributed by atoms with Crippen LogP contribution in [-0.2, 0) is 4.79 Å². The van der Waals surface area contributed by atoms with E-state index in [-0.39, 0.29) is 17.5 Å². The van der Waals surface area contributed by atoms with Crippen molar-refractivity contribution >= 4 is 23.2 Å². The van der Waals surface area contributed by atoms with E-state index >= 15 is 0 Å². The fourth-order valence-electron chi connectivity index (χ4n) is 3.99. The summed E-state index contributed by atoms with van der Waals surface area (Å²) in [6.07, 6.45) is 1.77. The Morgan fingerprint density at radius 3 is 2.47 bits per heavy atom. The van der Waals surface area contributed by atoms with Gasteiger partial charge in [0.15, 0.2) is 17.3 Å². The second kappa shape index (κ2) is 10.5. The first kappa shape index (κ1) is 23.5. The molecule has 0 saturated carbocycles. The summed E-state index contributed by atoms with van der Waals surface area (Å²) in [5.74, 6) is 1.72. The molecule has 0 spiro atoms. The zero-order chi connectivity index (χ0) is 24.1. The molecule has 0 bridgehead atoms. The number of carbonyl (C=O) groups is 2. The molecule has 0 aliphatic carbocycles. The van der Waals surface area contributed by atoms with E-state index in [1.165, 1.54) is 14.0 Å². The van der Waals surface area contributed by atoms with Crippen LogP contribution in [0.15, 0.2) is 46.9 Å². The number of hydrogen-bond donors (Lipinski definition) is 3. The number of oxazole rings is 1. The van der Waals surface area contributed by atoms with E-state index < -0.39 is 5.91 Å². The fraction of sp³-hybridized carbons (Fsp3) is 0.320. The number of nitrogens with zero attached hydrogens (tertiary/aromatic N) is 1. The number of primary amides is 1. The topological polar surface area (TPSA) is 119 Å². The van der Waals surface area contributed by atoms with E-state index in [4.69, 9.17) is 13.9 Å². The first-order chi connectivity index (χ1) is 16.5. The molecule has 3 aromatic rings. The molecule has 34 heavy (non-hydrogen) atoms. The normalized spacial score (nSPS) is 14.0. The number of amides is 2. The number of aromatic nitrogens is 1. The second-order valence-corrected chi connectivity index (χ2v) is 8.15. The highest BCUT2D eigenvalue weighted by molar-refractivity contribution is 6.07. The highest BCUT2D eigenvalue weighted by atomic mass is 16.5. The van der Waals surface area contributed by atoms with Crippen LogP contribution in [0.2, 0.25) is 0 Å². The number of quaternary nitrogens is 1. The molecule has 4 rings (SSSR count). The van der Waals surface area contributed by atoms with Gasteiger partial charge >= 0.3 is 5.91 Å². The van der Waals surface area contributed by atoms with Crippen molar-refractivity contribution in [3.8, 4) is 22.8 Å². The fourth-order valence-corrected chi connectivity index (χ4v) is 3.99. The smallest absolute Gasteiger partial charge is 0.312 e. The summed E-state index contributed by atoms with van der Waals surface area (Å²) in [6.45, 7) is 3.26. The molecule has 4 N–H and O–H groups in total. The van der Waals surface area contributed by atoms with E-state index in [9.17, 15) is 9.59 Å². The van der Waals surface area contributed by atoms with Crippen molar-refractivity contribution in [3.63, 3.8) is 0 Å². The third kappa shape index (κ3) is 5.27. The average Bonchev–Trinajstić information content (AvgIpc) is 3.30. The summed E-state index contributed by atoms with van der Waals surface area (Å²) in [4.78, 5) is 29.4. The Bertz CT molecular complexity index is 1170. The Labute approximate surface area is 197 Å². The summed E-state index contributed by atoms with van der Waals surface area (Å²) < 4.78 is 16.9. The highest BCUT2D eigenvalue weighted by Gasteiger charge is 2.27. The summed E-state index contributed by atoms with van der Waals surface area (Å²) in [6, 6.07) is 12.4. The molecule has 2 amide bonds. The summed E-state index contributed by atoms with van der Waals surface area (Å²) in [5.41, 5.74) is 2.15. The molecule has 1 aromatic heterocycles. The van der Waals surface area contributed by atoms with Crippen LogP contribution in [0.5, 0.6) is 11.5 Å². The number of hydrogen-bond acceptors (Lipinski definition) is 7. The van der Waals surface area contributed by atoms with E-state index in [1.807, 2.05) is 24.3 Å². The molecule has 1 fully saturated rings. The maximum atomic E-state index is 13.4. The third-order valence-corrected chi connectivity index (χ3v) is 5.74. The van der Waals surface area contributed by atoms with Crippen molar-refractivity contribution in [2.45, 2.75) is 25.7 Å². The minimum absolute atomic E-state index is 0.0343. The molecule has 2 aromatic carbocycles. The molecule has 0 atom stereocenters. The van der Waals surface area contributed by atoms with E-state index in [2.05, 4.69) is 15.6 Å². The lowest BCUT2D eigenvalue weighted by molar-refractivity contribution is -0.481. The van der Waals surface area contributed by atoms with Gasteiger partial charge in [0.1, 0.15) is 17.2 Å². The number of methoxy groups -OCH3 is 2. The number of carbonyl (C=O) groups excluding carboxylic acids is 2. The molecule has 9 heteroatoms. The number of anilines is 1. The molecule has 0 radical (unpaired) electrons. The van der Waals surface area contributed by atoms with Gasteiger partial charge < -0.3 is 24.5 Å². The molecule has 1 aliphatic rings. The first-order valence-corrected chi connectivity index (χ1v) is 11.2. The second-order valence-electron chi connectivity index (χ2n) is 8.15. The maximum absolute atomic E-state index is 13.4. The van der Waals surface area contributed by atoms with Gasteiger partial charge in [0.25, 0.3) is 5.91 Å². The highest BCUT2D eigenvalue weighted by Crippen LogP contribution is 2.34. The Morgan fingerprint density at radius 2 is 1.82 bits per heavy atom. The van der Waals surface area contributed by atoms with Gasteiger partial charge in [-0.05, 0) is 50.2 Å². The quantitative estimate of drug-likeness (QED) is 0.459. The molecule has 178 valence electrons. The Hall–Kier alpha value is -3.69. The van der Waals surface area contributed by atoms with Crippen molar-refractivity contribution < 1.29 is 28.8 Å². The summed E-state index contributed by atoms with van der Waals surface area (Å²) in [5, 5.41) is 7.77. The Balaban J connectivity index is 1.69. The Morgan fingerprint density at radius 1 is 1.09 bits per heavy atom. The molecule has 2 heterocycles. The standard InChI is InChI=1S/C25H28N4O5/c1-15(30)27-18-6-4-16(5-7-18)23-22(29-25(34-23)17-10-12-26-13-11-17)24(31)28-20-14-19(32-2)8-9-21(20)33-3/h4-9,14,17,26H,10-13H2,1-3H3,(H,27,30)(H,28,31)/p+1. The van der Waals surface area contributed by atoms with Gasteiger partial charge in [-0.15, -0.1) is 0 Å². The van der Waals surface area contributed by atoms with Crippen LogP contribution in [-0.4, -0.2) is 44.1 Å². The van der Waals surface area contributed by atoms with E-state index in [0.29, 0.717) is 34.4 Å². The zero-order valence-electron chi connectivity index (χ0n) is 19.5. The average molecular weight is 466 g/mol. The van der Waals surface area contributed by atoms with Crippen molar-refractivity contribution in [1.82, 2.24) is 10.3 Å². The minimum Gasteiger partial charge on any atom is -0.497 e. The van der Waals surface area contributed by atoms with Crippen LogP contribution >= 0.6 is 0 Å². The summed E-state index contributed by atoms with van der Waals surface area (Å²) >= 11 is 0. The van der Waals surface area contributed by atoms with Crippen LogP contribution in [0.4, 0.5) is 11.4 Å². The van der Waals surface area contributed by atoms with Gasteiger partial charge in [-0.25, -0.2) is 9.78 Å². The number of nitrogens with one attached hydrogen (secondary N) is 2. The number of benzene rings is 2. The van der Waals surface area contributed by atoms with Gasteiger partial charge in [0.2, 0.25) is 0 Å². The maximum Gasteiger partial charge on any atom is 0.312 e. The van der Waals surface area contributed by atoms with Crippen molar-refractivity contribution in [2.75, 3.05) is 32.6 Å². The lowest BCUT2D eigenvalue weighted by Crippen LogP contribution is -2.81. The monoisotopic (exact) mass is 465 g/mol. The summed E-state index contributed by atoms with van der Waals surface area (Å²) in [7, 11) is 3.09. The molecule has 9 nitrogen and oxygen atoms in total. The van der Waals surface area contributed by atoms with Crippen molar-refractivity contribution in [2.24, 2.45) is 0 Å². The molecule has 1 aliphatic heterocycles. The van der Waals surface area contributed by atoms with Gasteiger partial charge in [-0.1, -0.05) is 0 Å². The van der Waals surface area contributed by atoms with Crippen LogP contribution < -0.4 is 25.4 Å². The van der Waals surface area contributed by atoms with Gasteiger partial charge in [-0.3, -0.25) is 10.1 Å². The Kier molecular flexibility index (Phi) is 7.24. The number of piperidine rings is 1. The predicted octanol–water partition coefficient (Wildman–Crippen LogP) is 2.82. The largest absolute Gasteiger partial charge is 0.497 e. The van der Waals surface area contributed by atoms with Crippen LogP contribution in [0.3, 0.4) is 0 Å². The first-order valence-electron chi connectivity index (χ1n) is 11.2.